The van der Waals surface area contributed by atoms with E-state index in [4.69, 9.17) is 16.0 Å². The van der Waals surface area contributed by atoms with Crippen LogP contribution >= 0.6 is 11.6 Å². The van der Waals surface area contributed by atoms with Crippen molar-refractivity contribution in [1.82, 2.24) is 15.3 Å². The van der Waals surface area contributed by atoms with Gasteiger partial charge in [0.1, 0.15) is 17.9 Å². The highest BCUT2D eigenvalue weighted by molar-refractivity contribution is 6.30. The van der Waals surface area contributed by atoms with Gasteiger partial charge in [0, 0.05) is 36.1 Å². The molecule has 0 spiro atoms. The number of hydrogen-bond donors (Lipinski definition) is 1. The summed E-state index contributed by atoms with van der Waals surface area (Å²) < 4.78 is 5.72. The van der Waals surface area contributed by atoms with Gasteiger partial charge in [0.15, 0.2) is 0 Å². The van der Waals surface area contributed by atoms with Crippen molar-refractivity contribution in [2.75, 3.05) is 18.0 Å². The molecule has 1 fully saturated rings. The first-order valence-corrected chi connectivity index (χ1v) is 9.88. The van der Waals surface area contributed by atoms with Crippen LogP contribution in [0.3, 0.4) is 0 Å². The number of benzene rings is 1. The second-order valence-electron chi connectivity index (χ2n) is 7.27. The lowest BCUT2D eigenvalue weighted by Crippen LogP contribution is -2.40. The Balaban J connectivity index is 1.39. The lowest BCUT2D eigenvalue weighted by Gasteiger charge is -2.32. The Hall–Kier alpha value is -2.60. The van der Waals surface area contributed by atoms with E-state index in [1.54, 1.807) is 6.33 Å². The summed E-state index contributed by atoms with van der Waals surface area (Å²) in [7, 11) is 0. The molecule has 146 valence electrons. The third-order valence-corrected chi connectivity index (χ3v) is 5.70. The smallest absolute Gasteiger partial charge is 0.231 e. The molecule has 4 rings (SSSR count). The van der Waals surface area contributed by atoms with E-state index in [1.165, 1.54) is 0 Å². The van der Waals surface area contributed by atoms with Gasteiger partial charge in [-0.2, -0.15) is 0 Å². The zero-order chi connectivity index (χ0) is 19.7. The summed E-state index contributed by atoms with van der Waals surface area (Å²) in [6.07, 6.45) is 3.13. The van der Waals surface area contributed by atoms with Crippen molar-refractivity contribution in [1.29, 1.82) is 0 Å². The number of carbonyl (C=O) groups excluding carboxylic acids is 1. The quantitative estimate of drug-likeness (QED) is 0.718. The number of aromatic nitrogens is 2. The molecule has 0 radical (unpaired) electrons. The lowest BCUT2D eigenvalue weighted by molar-refractivity contribution is -0.125. The number of amides is 1. The number of halogens is 1. The Kier molecular flexibility index (Phi) is 5.22. The maximum atomic E-state index is 12.6. The van der Waals surface area contributed by atoms with Gasteiger partial charge in [-0.05, 0) is 44.4 Å². The van der Waals surface area contributed by atoms with Gasteiger partial charge in [0.2, 0.25) is 11.6 Å². The standard InChI is InChI=1S/C21H23ClN4O2/c1-13-14(2)28-21-18(13)19(24-12-25-21)26-8-6-16(7-9-26)20(27)23-11-15-4-3-5-17(22)10-15/h3-5,10,12,16H,6-9,11H2,1-2H3,(H,23,27). The van der Waals surface area contributed by atoms with E-state index in [1.807, 2.05) is 38.1 Å². The highest BCUT2D eigenvalue weighted by Gasteiger charge is 2.27. The van der Waals surface area contributed by atoms with E-state index >= 15 is 0 Å². The van der Waals surface area contributed by atoms with Crippen molar-refractivity contribution >= 4 is 34.4 Å². The highest BCUT2D eigenvalue weighted by Crippen LogP contribution is 2.32. The first-order chi connectivity index (χ1) is 13.5. The molecular weight excluding hydrogens is 376 g/mol. The minimum atomic E-state index is 0.0138. The molecule has 1 amide bonds. The molecule has 0 unspecified atom stereocenters. The summed E-state index contributed by atoms with van der Waals surface area (Å²) in [5.74, 6) is 1.88. The van der Waals surface area contributed by atoms with Gasteiger partial charge in [-0.1, -0.05) is 23.7 Å². The number of piperidine rings is 1. The van der Waals surface area contributed by atoms with Crippen LogP contribution < -0.4 is 10.2 Å². The second-order valence-corrected chi connectivity index (χ2v) is 7.71. The topological polar surface area (TPSA) is 71.3 Å². The van der Waals surface area contributed by atoms with Crippen LogP contribution in [-0.4, -0.2) is 29.0 Å². The number of furan rings is 1. The molecule has 1 aliphatic rings. The molecule has 2 aromatic heterocycles. The van der Waals surface area contributed by atoms with Crippen molar-refractivity contribution in [2.45, 2.75) is 33.2 Å². The summed E-state index contributed by atoms with van der Waals surface area (Å²) in [5.41, 5.74) is 2.71. The number of anilines is 1. The average molecular weight is 399 g/mol. The number of rotatable bonds is 4. The van der Waals surface area contributed by atoms with E-state index in [0.717, 1.165) is 54.0 Å². The Morgan fingerprint density at radius 3 is 2.82 bits per heavy atom. The molecule has 0 bridgehead atoms. The first kappa shape index (κ1) is 18.7. The summed E-state index contributed by atoms with van der Waals surface area (Å²) in [6.45, 7) is 6.04. The van der Waals surface area contributed by atoms with Gasteiger partial charge in [0.25, 0.3) is 0 Å². The van der Waals surface area contributed by atoms with Gasteiger partial charge in [-0.15, -0.1) is 0 Å². The van der Waals surface area contributed by atoms with Crippen LogP contribution in [0.4, 0.5) is 5.82 Å². The summed E-state index contributed by atoms with van der Waals surface area (Å²) in [6, 6.07) is 7.56. The van der Waals surface area contributed by atoms with E-state index < -0.39 is 0 Å². The van der Waals surface area contributed by atoms with Gasteiger partial charge in [0.05, 0.1) is 5.39 Å². The number of nitrogens with one attached hydrogen (secondary N) is 1. The molecule has 1 N–H and O–H groups in total. The van der Waals surface area contributed by atoms with Crippen LogP contribution in [0.1, 0.15) is 29.7 Å². The maximum Gasteiger partial charge on any atom is 0.231 e. The van der Waals surface area contributed by atoms with E-state index in [-0.39, 0.29) is 11.8 Å². The number of carbonyl (C=O) groups is 1. The number of nitrogens with zero attached hydrogens (tertiary/aromatic N) is 3. The minimum Gasteiger partial charge on any atom is -0.443 e. The van der Waals surface area contributed by atoms with Crippen LogP contribution in [0, 0.1) is 19.8 Å². The molecule has 3 aromatic rings. The molecule has 1 aromatic carbocycles. The van der Waals surface area contributed by atoms with E-state index in [2.05, 4.69) is 20.2 Å². The third kappa shape index (κ3) is 3.69. The predicted octanol–water partition coefficient (Wildman–Crippen LogP) is 4.03. The molecule has 1 saturated heterocycles. The fraction of sp³-hybridized carbons (Fsp3) is 0.381. The molecular formula is C21H23ClN4O2. The second kappa shape index (κ2) is 7.80. The lowest BCUT2D eigenvalue weighted by atomic mass is 9.95. The fourth-order valence-corrected chi connectivity index (χ4v) is 3.95. The Bertz CT molecular complexity index is 1010. The zero-order valence-electron chi connectivity index (χ0n) is 16.0. The number of hydrogen-bond acceptors (Lipinski definition) is 5. The molecule has 0 aliphatic carbocycles. The Labute approximate surface area is 168 Å². The fourth-order valence-electron chi connectivity index (χ4n) is 3.74. The third-order valence-electron chi connectivity index (χ3n) is 5.47. The van der Waals surface area contributed by atoms with Gasteiger partial charge < -0.3 is 14.6 Å². The van der Waals surface area contributed by atoms with Crippen LogP contribution in [0.2, 0.25) is 5.02 Å². The first-order valence-electron chi connectivity index (χ1n) is 9.50. The van der Waals surface area contributed by atoms with E-state index in [9.17, 15) is 4.79 Å². The van der Waals surface area contributed by atoms with Gasteiger partial charge >= 0.3 is 0 Å². The molecule has 3 heterocycles. The van der Waals surface area contributed by atoms with E-state index in [0.29, 0.717) is 17.3 Å². The normalized spacial score (nSPS) is 15.2. The van der Waals surface area contributed by atoms with Crippen LogP contribution in [0.15, 0.2) is 35.0 Å². The Morgan fingerprint density at radius 2 is 2.07 bits per heavy atom. The summed E-state index contributed by atoms with van der Waals surface area (Å²) >= 11 is 6.00. The van der Waals surface area contributed by atoms with Crippen LogP contribution in [-0.2, 0) is 11.3 Å². The molecule has 6 nitrogen and oxygen atoms in total. The van der Waals surface area contributed by atoms with Crippen molar-refractivity contribution in [3.63, 3.8) is 0 Å². The monoisotopic (exact) mass is 398 g/mol. The predicted molar refractivity (Wildman–Crippen MR) is 110 cm³/mol. The highest BCUT2D eigenvalue weighted by atomic mass is 35.5. The molecule has 0 atom stereocenters. The van der Waals surface area contributed by atoms with Crippen molar-refractivity contribution in [3.05, 3.63) is 52.5 Å². The van der Waals surface area contributed by atoms with Gasteiger partial charge in [-0.3, -0.25) is 4.79 Å². The maximum absolute atomic E-state index is 12.6. The van der Waals surface area contributed by atoms with Crippen LogP contribution in [0.25, 0.3) is 11.1 Å². The summed E-state index contributed by atoms with van der Waals surface area (Å²) in [4.78, 5) is 23.5. The van der Waals surface area contributed by atoms with Crippen LogP contribution in [0.5, 0.6) is 0 Å². The largest absolute Gasteiger partial charge is 0.443 e. The molecule has 0 saturated carbocycles. The Morgan fingerprint density at radius 1 is 1.29 bits per heavy atom. The minimum absolute atomic E-state index is 0.0138. The summed E-state index contributed by atoms with van der Waals surface area (Å²) in [5, 5.41) is 4.69. The zero-order valence-corrected chi connectivity index (χ0v) is 16.8. The molecule has 7 heteroatoms. The van der Waals surface area contributed by atoms with Crippen molar-refractivity contribution in [3.8, 4) is 0 Å². The molecule has 28 heavy (non-hydrogen) atoms. The molecule has 1 aliphatic heterocycles. The van der Waals surface area contributed by atoms with Gasteiger partial charge in [-0.25, -0.2) is 9.97 Å². The SMILES string of the molecule is Cc1oc2ncnc(N3CCC(C(=O)NCc4cccc(Cl)c4)CC3)c2c1C. The van der Waals surface area contributed by atoms with Crippen molar-refractivity contribution in [2.24, 2.45) is 5.92 Å². The van der Waals surface area contributed by atoms with Crippen molar-refractivity contribution < 1.29 is 9.21 Å². The number of aryl methyl sites for hydroxylation is 2. The average Bonchev–Trinajstić information content (AvgIpc) is 3.00. The number of fused-ring (bicyclic) bond motifs is 1.